The number of benzene rings is 1. The molecule has 1 aromatic carbocycles. The number of nitrogens with zero attached hydrogens (tertiary/aromatic N) is 1. The number of hydrogen-bond donors (Lipinski definition) is 1. The largest absolute Gasteiger partial charge is 0.416 e. The van der Waals surface area contributed by atoms with Gasteiger partial charge < -0.3 is 10.2 Å². The van der Waals surface area contributed by atoms with Gasteiger partial charge in [-0.2, -0.15) is 13.2 Å². The smallest absolute Gasteiger partial charge is 0.331 e. The maximum atomic E-state index is 12.7. The lowest BCUT2D eigenvalue weighted by Gasteiger charge is -2.24. The molecule has 0 aliphatic rings. The Morgan fingerprint density at radius 3 is 2.36 bits per heavy atom. The van der Waals surface area contributed by atoms with Gasteiger partial charge in [-0.1, -0.05) is 11.6 Å². The number of anilines is 1. The van der Waals surface area contributed by atoms with Gasteiger partial charge in [0, 0.05) is 13.0 Å². The predicted octanol–water partition coefficient (Wildman–Crippen LogP) is 3.55. The second kappa shape index (κ2) is 7.00. The van der Waals surface area contributed by atoms with E-state index >= 15 is 0 Å². The third kappa shape index (κ3) is 4.91. The van der Waals surface area contributed by atoms with Crippen molar-refractivity contribution >= 4 is 29.1 Å². The molecule has 4 nitrogen and oxygen atoms in total. The van der Waals surface area contributed by atoms with Crippen LogP contribution in [0.25, 0.3) is 0 Å². The highest BCUT2D eigenvalue weighted by Crippen LogP contribution is 2.33. The molecule has 8 heteroatoms. The van der Waals surface area contributed by atoms with E-state index in [9.17, 15) is 22.8 Å². The summed E-state index contributed by atoms with van der Waals surface area (Å²) in [6.45, 7) is 4.50. The van der Waals surface area contributed by atoms with Gasteiger partial charge in [0.25, 0.3) is 0 Å². The minimum absolute atomic E-state index is 0.0136. The SMILES string of the molecule is CC(=O)N(CC(=O)Nc1cc(C(F)(F)F)ccc1Cl)C(C)C. The van der Waals surface area contributed by atoms with E-state index in [-0.39, 0.29) is 29.2 Å². The Balaban J connectivity index is 2.90. The molecule has 0 saturated heterocycles. The Morgan fingerprint density at radius 1 is 1.32 bits per heavy atom. The zero-order chi connectivity index (χ0) is 17.1. The van der Waals surface area contributed by atoms with Crippen LogP contribution >= 0.6 is 11.6 Å². The highest BCUT2D eigenvalue weighted by atomic mass is 35.5. The zero-order valence-corrected chi connectivity index (χ0v) is 13.0. The molecule has 22 heavy (non-hydrogen) atoms. The topological polar surface area (TPSA) is 49.4 Å². The average molecular weight is 337 g/mol. The Labute approximate surface area is 131 Å². The minimum atomic E-state index is -4.53. The van der Waals surface area contributed by atoms with E-state index in [0.717, 1.165) is 18.2 Å². The standard InChI is InChI=1S/C14H16ClF3N2O2/c1-8(2)20(9(3)21)7-13(22)19-12-6-10(14(16,17)18)4-5-11(12)15/h4-6,8H,7H2,1-3H3,(H,19,22). The van der Waals surface area contributed by atoms with E-state index < -0.39 is 17.6 Å². The molecule has 0 saturated carbocycles. The fourth-order valence-electron chi connectivity index (χ4n) is 1.80. The maximum absolute atomic E-state index is 12.7. The Kier molecular flexibility index (Phi) is 5.82. The van der Waals surface area contributed by atoms with Gasteiger partial charge in [-0.05, 0) is 32.0 Å². The van der Waals surface area contributed by atoms with Crippen LogP contribution in [0.4, 0.5) is 18.9 Å². The van der Waals surface area contributed by atoms with Crippen molar-refractivity contribution in [3.8, 4) is 0 Å². The molecule has 0 spiro atoms. The Bertz CT molecular complexity index is 574. The van der Waals surface area contributed by atoms with Crippen molar-refractivity contribution in [2.45, 2.75) is 33.0 Å². The molecule has 1 aromatic rings. The van der Waals surface area contributed by atoms with Gasteiger partial charge in [-0.25, -0.2) is 0 Å². The van der Waals surface area contributed by atoms with E-state index in [2.05, 4.69) is 5.32 Å². The molecular formula is C14H16ClF3N2O2. The van der Waals surface area contributed by atoms with Gasteiger partial charge in [-0.3, -0.25) is 9.59 Å². The quantitative estimate of drug-likeness (QED) is 0.914. The third-order valence-corrected chi connectivity index (χ3v) is 3.24. The lowest BCUT2D eigenvalue weighted by atomic mass is 10.2. The minimum Gasteiger partial charge on any atom is -0.331 e. The van der Waals surface area contributed by atoms with Gasteiger partial charge in [0.15, 0.2) is 0 Å². The maximum Gasteiger partial charge on any atom is 0.416 e. The third-order valence-electron chi connectivity index (χ3n) is 2.91. The van der Waals surface area contributed by atoms with Crippen LogP contribution in [-0.4, -0.2) is 29.3 Å². The van der Waals surface area contributed by atoms with Crippen molar-refractivity contribution in [3.05, 3.63) is 28.8 Å². The fourth-order valence-corrected chi connectivity index (χ4v) is 1.96. The summed E-state index contributed by atoms with van der Waals surface area (Å²) in [5.74, 6) is -0.926. The van der Waals surface area contributed by atoms with E-state index in [1.54, 1.807) is 13.8 Å². The highest BCUT2D eigenvalue weighted by Gasteiger charge is 2.31. The number of carbonyl (C=O) groups excluding carboxylic acids is 2. The molecule has 0 atom stereocenters. The van der Waals surface area contributed by atoms with Crippen LogP contribution in [0.5, 0.6) is 0 Å². The predicted molar refractivity (Wildman–Crippen MR) is 77.6 cm³/mol. The lowest BCUT2D eigenvalue weighted by Crippen LogP contribution is -2.41. The molecule has 0 heterocycles. The molecule has 2 amide bonds. The number of rotatable bonds is 4. The highest BCUT2D eigenvalue weighted by molar-refractivity contribution is 6.33. The first-order valence-electron chi connectivity index (χ1n) is 6.46. The first-order chi connectivity index (χ1) is 10.0. The second-order valence-corrected chi connectivity index (χ2v) is 5.39. The van der Waals surface area contributed by atoms with Gasteiger partial charge in [0.05, 0.1) is 16.3 Å². The van der Waals surface area contributed by atoms with Crippen LogP contribution in [0.1, 0.15) is 26.3 Å². The van der Waals surface area contributed by atoms with Gasteiger partial charge in [-0.15, -0.1) is 0 Å². The second-order valence-electron chi connectivity index (χ2n) is 4.98. The van der Waals surface area contributed by atoms with Crippen molar-refractivity contribution in [1.82, 2.24) is 4.90 Å². The van der Waals surface area contributed by atoms with Crippen molar-refractivity contribution in [2.75, 3.05) is 11.9 Å². The molecule has 0 aliphatic heterocycles. The van der Waals surface area contributed by atoms with Crippen LogP contribution in [0.2, 0.25) is 5.02 Å². The molecule has 0 radical (unpaired) electrons. The van der Waals surface area contributed by atoms with E-state index in [0.29, 0.717) is 0 Å². The van der Waals surface area contributed by atoms with Gasteiger partial charge >= 0.3 is 6.18 Å². The van der Waals surface area contributed by atoms with Crippen LogP contribution in [-0.2, 0) is 15.8 Å². The van der Waals surface area contributed by atoms with Gasteiger partial charge in [0.2, 0.25) is 11.8 Å². The van der Waals surface area contributed by atoms with Gasteiger partial charge in [0.1, 0.15) is 6.54 Å². The van der Waals surface area contributed by atoms with Crippen LogP contribution in [0.3, 0.4) is 0 Å². The Hall–Kier alpha value is -1.76. The molecule has 0 aliphatic carbocycles. The van der Waals surface area contributed by atoms with Crippen molar-refractivity contribution in [3.63, 3.8) is 0 Å². The summed E-state index contributed by atoms with van der Waals surface area (Å²) < 4.78 is 38.0. The summed E-state index contributed by atoms with van der Waals surface area (Å²) in [6, 6.07) is 2.44. The molecule has 1 rings (SSSR count). The monoisotopic (exact) mass is 336 g/mol. The lowest BCUT2D eigenvalue weighted by molar-refractivity contribution is -0.137. The van der Waals surface area contributed by atoms with Crippen LogP contribution in [0, 0.1) is 0 Å². The summed E-state index contributed by atoms with van der Waals surface area (Å²) >= 11 is 5.79. The summed E-state index contributed by atoms with van der Waals surface area (Å²) in [4.78, 5) is 24.6. The first-order valence-corrected chi connectivity index (χ1v) is 6.84. The van der Waals surface area contributed by atoms with Crippen molar-refractivity contribution in [1.29, 1.82) is 0 Å². The summed E-state index contributed by atoms with van der Waals surface area (Å²) in [6.07, 6.45) is -4.53. The molecule has 0 bridgehead atoms. The number of halogens is 4. The van der Waals surface area contributed by atoms with E-state index in [4.69, 9.17) is 11.6 Å². The van der Waals surface area contributed by atoms with E-state index in [1.165, 1.54) is 11.8 Å². The Morgan fingerprint density at radius 2 is 1.91 bits per heavy atom. The summed E-state index contributed by atoms with van der Waals surface area (Å²) in [5, 5.41) is 2.28. The average Bonchev–Trinajstić information content (AvgIpc) is 2.36. The van der Waals surface area contributed by atoms with Crippen LogP contribution < -0.4 is 5.32 Å². The van der Waals surface area contributed by atoms with E-state index in [1.807, 2.05) is 0 Å². The normalized spacial score (nSPS) is 11.5. The number of hydrogen-bond acceptors (Lipinski definition) is 2. The molecule has 0 fully saturated rings. The molecular weight excluding hydrogens is 321 g/mol. The number of alkyl halides is 3. The molecule has 122 valence electrons. The number of nitrogens with one attached hydrogen (secondary N) is 1. The van der Waals surface area contributed by atoms with Crippen LogP contribution in [0.15, 0.2) is 18.2 Å². The fraction of sp³-hybridized carbons (Fsp3) is 0.429. The molecule has 0 aromatic heterocycles. The van der Waals surface area contributed by atoms with Crippen molar-refractivity contribution < 1.29 is 22.8 Å². The summed E-state index contributed by atoms with van der Waals surface area (Å²) in [5.41, 5.74) is -1.06. The number of amides is 2. The zero-order valence-electron chi connectivity index (χ0n) is 12.3. The van der Waals surface area contributed by atoms with Crippen molar-refractivity contribution in [2.24, 2.45) is 0 Å². The molecule has 0 unspecified atom stereocenters. The number of carbonyl (C=O) groups is 2. The molecule has 1 N–H and O–H groups in total. The first kappa shape index (κ1) is 18.3. The summed E-state index contributed by atoms with van der Waals surface area (Å²) in [7, 11) is 0.